The molecule has 2 aromatic carbocycles. The monoisotopic (exact) mass is 380 g/mol. The summed E-state index contributed by atoms with van der Waals surface area (Å²) in [4.78, 5) is 24.8. The number of para-hydroxylation sites is 1. The third-order valence-electron chi connectivity index (χ3n) is 4.54. The third-order valence-corrected chi connectivity index (χ3v) is 4.54. The largest absolute Gasteiger partial charge is 0.452 e. The Kier molecular flexibility index (Phi) is 6.42. The topological polar surface area (TPSA) is 81.4 Å². The van der Waals surface area contributed by atoms with Crippen LogP contribution in [0.15, 0.2) is 59.1 Å². The zero-order valence-corrected chi connectivity index (χ0v) is 16.1. The first kappa shape index (κ1) is 19.6. The molecule has 6 heteroatoms. The van der Waals surface area contributed by atoms with Crippen LogP contribution in [-0.2, 0) is 20.7 Å². The molecule has 0 aliphatic rings. The Hall–Kier alpha value is -3.15. The minimum atomic E-state index is -0.895. The first-order valence-electron chi connectivity index (χ1n) is 9.46. The molecular formula is C22H24N2O4. The van der Waals surface area contributed by atoms with Crippen LogP contribution in [0.2, 0.25) is 0 Å². The van der Waals surface area contributed by atoms with Crippen LogP contribution >= 0.6 is 0 Å². The molecule has 146 valence electrons. The van der Waals surface area contributed by atoms with Gasteiger partial charge in [-0.3, -0.25) is 9.59 Å². The second-order valence-corrected chi connectivity index (χ2v) is 6.69. The Balaban J connectivity index is 1.59. The van der Waals surface area contributed by atoms with Crippen molar-refractivity contribution in [2.24, 2.45) is 0 Å². The number of fused-ring (bicyclic) bond motifs is 1. The predicted octanol–water partition coefficient (Wildman–Crippen LogP) is 3.96. The first-order valence-corrected chi connectivity index (χ1v) is 9.46. The van der Waals surface area contributed by atoms with Gasteiger partial charge in [-0.05, 0) is 31.0 Å². The smallest absolute Gasteiger partial charge is 0.312 e. The highest BCUT2D eigenvalue weighted by molar-refractivity contribution is 5.86. The van der Waals surface area contributed by atoms with E-state index in [-0.39, 0.29) is 18.4 Å². The molecule has 1 heterocycles. The summed E-state index contributed by atoms with van der Waals surface area (Å²) in [5.41, 5.74) is 2.15. The van der Waals surface area contributed by atoms with Crippen molar-refractivity contribution in [2.45, 2.75) is 45.3 Å². The second kappa shape index (κ2) is 9.17. The highest BCUT2D eigenvalue weighted by atomic mass is 16.5. The number of esters is 1. The van der Waals surface area contributed by atoms with Crippen LogP contribution in [0.4, 0.5) is 0 Å². The lowest BCUT2D eigenvalue weighted by atomic mass is 10.0. The maximum absolute atomic E-state index is 12.5. The molecule has 28 heavy (non-hydrogen) atoms. The zero-order valence-electron chi connectivity index (χ0n) is 16.1. The molecule has 3 rings (SSSR count). The molecule has 0 fully saturated rings. The fourth-order valence-corrected chi connectivity index (χ4v) is 3.08. The number of nitrogens with zero attached hydrogens (tertiary/aromatic N) is 1. The third kappa shape index (κ3) is 4.76. The quantitative estimate of drug-likeness (QED) is 0.598. The van der Waals surface area contributed by atoms with E-state index in [1.54, 1.807) is 13.0 Å². The average molecular weight is 380 g/mol. The van der Waals surface area contributed by atoms with Crippen molar-refractivity contribution < 1.29 is 18.8 Å². The maximum atomic E-state index is 12.5. The maximum Gasteiger partial charge on any atom is 0.312 e. The molecule has 1 N–H and O–H groups in total. The van der Waals surface area contributed by atoms with Gasteiger partial charge in [-0.15, -0.1) is 0 Å². The minimum absolute atomic E-state index is 0.0499. The molecule has 1 amide bonds. The number of carbonyl (C=O) groups is 2. The van der Waals surface area contributed by atoms with Gasteiger partial charge in [0.25, 0.3) is 5.91 Å². The van der Waals surface area contributed by atoms with E-state index < -0.39 is 12.1 Å². The van der Waals surface area contributed by atoms with E-state index in [1.165, 1.54) is 0 Å². The Bertz CT molecular complexity index is 936. The van der Waals surface area contributed by atoms with Gasteiger partial charge in [0, 0.05) is 5.39 Å². The molecule has 1 aromatic heterocycles. The summed E-state index contributed by atoms with van der Waals surface area (Å²) >= 11 is 0. The Morgan fingerprint density at radius 3 is 2.57 bits per heavy atom. The second-order valence-electron chi connectivity index (χ2n) is 6.69. The van der Waals surface area contributed by atoms with Gasteiger partial charge >= 0.3 is 5.97 Å². The van der Waals surface area contributed by atoms with Crippen LogP contribution in [-0.4, -0.2) is 23.1 Å². The molecule has 6 nitrogen and oxygen atoms in total. The summed E-state index contributed by atoms with van der Waals surface area (Å²) in [6.07, 6.45) is 0.786. The van der Waals surface area contributed by atoms with Crippen molar-refractivity contribution in [2.75, 3.05) is 0 Å². The normalized spacial score (nSPS) is 13.1. The lowest BCUT2D eigenvalue weighted by Gasteiger charge is -2.21. The van der Waals surface area contributed by atoms with Crippen LogP contribution in [0, 0.1) is 0 Å². The summed E-state index contributed by atoms with van der Waals surface area (Å²) in [6, 6.07) is 17.0. The van der Waals surface area contributed by atoms with Crippen molar-refractivity contribution in [1.29, 1.82) is 0 Å². The molecule has 0 saturated carbocycles. The number of rotatable bonds is 8. The Morgan fingerprint density at radius 2 is 1.82 bits per heavy atom. The number of nitrogens with one attached hydrogen (secondary N) is 1. The number of amides is 1. The molecule has 0 saturated heterocycles. The van der Waals surface area contributed by atoms with Gasteiger partial charge in [0.15, 0.2) is 11.7 Å². The fourth-order valence-electron chi connectivity index (χ4n) is 3.08. The van der Waals surface area contributed by atoms with E-state index in [2.05, 4.69) is 17.4 Å². The molecule has 0 bridgehead atoms. The fraction of sp³-hybridized carbons (Fsp3) is 0.318. The van der Waals surface area contributed by atoms with E-state index in [1.807, 2.05) is 48.5 Å². The molecule has 0 aliphatic carbocycles. The Morgan fingerprint density at radius 1 is 1.11 bits per heavy atom. The van der Waals surface area contributed by atoms with E-state index in [4.69, 9.17) is 9.26 Å². The Labute approximate surface area is 163 Å². The average Bonchev–Trinajstić information content (AvgIpc) is 3.11. The van der Waals surface area contributed by atoms with Gasteiger partial charge in [-0.25, -0.2) is 0 Å². The number of hydrogen-bond donors (Lipinski definition) is 1. The van der Waals surface area contributed by atoms with Gasteiger partial charge in [0.2, 0.25) is 0 Å². The van der Waals surface area contributed by atoms with Crippen LogP contribution in [0.3, 0.4) is 0 Å². The van der Waals surface area contributed by atoms with Crippen molar-refractivity contribution in [1.82, 2.24) is 10.5 Å². The van der Waals surface area contributed by atoms with Gasteiger partial charge in [-0.1, -0.05) is 61.0 Å². The number of aromatic nitrogens is 1. The SMILES string of the molecule is CCC[C@@H](NC(=O)[C@@H](C)OC(=O)Cc1noc2ccccc12)c1ccccc1. The number of benzene rings is 2. The lowest BCUT2D eigenvalue weighted by molar-refractivity contribution is -0.154. The number of carbonyl (C=O) groups excluding carboxylic acids is 2. The van der Waals surface area contributed by atoms with Gasteiger partial charge in [0.05, 0.1) is 12.5 Å². The van der Waals surface area contributed by atoms with E-state index >= 15 is 0 Å². The van der Waals surface area contributed by atoms with E-state index in [0.29, 0.717) is 11.3 Å². The van der Waals surface area contributed by atoms with Crippen molar-refractivity contribution in [3.8, 4) is 0 Å². The van der Waals surface area contributed by atoms with Gasteiger partial charge < -0.3 is 14.6 Å². The van der Waals surface area contributed by atoms with Crippen LogP contribution < -0.4 is 5.32 Å². The number of hydrogen-bond acceptors (Lipinski definition) is 5. The van der Waals surface area contributed by atoms with E-state index in [9.17, 15) is 9.59 Å². The zero-order chi connectivity index (χ0) is 19.9. The van der Waals surface area contributed by atoms with E-state index in [0.717, 1.165) is 23.8 Å². The summed E-state index contributed by atoms with van der Waals surface area (Å²) in [6.45, 7) is 3.63. The van der Waals surface area contributed by atoms with Gasteiger partial charge in [-0.2, -0.15) is 0 Å². The van der Waals surface area contributed by atoms with Crippen LogP contribution in [0.1, 0.15) is 44.0 Å². The molecule has 0 spiro atoms. The minimum Gasteiger partial charge on any atom is -0.452 e. The van der Waals surface area contributed by atoms with Crippen molar-refractivity contribution in [3.05, 3.63) is 65.9 Å². The molecule has 2 atom stereocenters. The standard InChI is InChI=1S/C22H24N2O4/c1-3-9-18(16-10-5-4-6-11-16)23-22(26)15(2)27-21(25)14-19-17-12-7-8-13-20(17)28-24-19/h4-8,10-13,15,18H,3,9,14H2,1-2H3,(H,23,26)/t15-,18-/m1/s1. The van der Waals surface area contributed by atoms with Crippen molar-refractivity contribution >= 4 is 22.8 Å². The summed E-state index contributed by atoms with van der Waals surface area (Å²) in [5.74, 6) is -0.839. The summed E-state index contributed by atoms with van der Waals surface area (Å²) in [5, 5.41) is 7.67. The van der Waals surface area contributed by atoms with Crippen LogP contribution in [0.25, 0.3) is 11.0 Å². The summed E-state index contributed by atoms with van der Waals surface area (Å²) < 4.78 is 10.5. The lowest BCUT2D eigenvalue weighted by Crippen LogP contribution is -2.38. The van der Waals surface area contributed by atoms with Gasteiger partial charge in [0.1, 0.15) is 5.69 Å². The molecule has 0 aliphatic heterocycles. The highest BCUT2D eigenvalue weighted by Crippen LogP contribution is 2.20. The molecule has 3 aromatic rings. The molecular weight excluding hydrogens is 356 g/mol. The van der Waals surface area contributed by atoms with Crippen molar-refractivity contribution in [3.63, 3.8) is 0 Å². The highest BCUT2D eigenvalue weighted by Gasteiger charge is 2.22. The first-order chi connectivity index (χ1) is 13.6. The number of ether oxygens (including phenoxy) is 1. The molecule has 0 radical (unpaired) electrons. The van der Waals surface area contributed by atoms with Crippen LogP contribution in [0.5, 0.6) is 0 Å². The predicted molar refractivity (Wildman–Crippen MR) is 106 cm³/mol. The molecule has 0 unspecified atom stereocenters. The summed E-state index contributed by atoms with van der Waals surface area (Å²) in [7, 11) is 0.